The van der Waals surface area contributed by atoms with Crippen molar-refractivity contribution in [2.75, 3.05) is 31.2 Å². The Morgan fingerprint density at radius 2 is 1.09 bits per heavy atom. The predicted octanol–water partition coefficient (Wildman–Crippen LogP) is 9.73. The van der Waals surface area contributed by atoms with Crippen LogP contribution in [-0.4, -0.2) is 95.6 Å². The Bertz CT molecular complexity index is 3360. The van der Waals surface area contributed by atoms with E-state index in [1.165, 1.54) is 29.8 Å². The molecule has 436 valence electrons. The number of nitrogens with one attached hydrogen (secondary N) is 3. The number of carbonyl (C=O) groups is 2. The lowest BCUT2D eigenvalue weighted by Crippen LogP contribution is -2.41. The molecule has 0 bridgehead atoms. The van der Waals surface area contributed by atoms with E-state index in [-0.39, 0.29) is 81.8 Å². The fourth-order valence-electron chi connectivity index (χ4n) is 9.03. The van der Waals surface area contributed by atoms with E-state index in [0.29, 0.717) is 60.4 Å². The highest BCUT2D eigenvalue weighted by Crippen LogP contribution is 2.46. The molecule has 2 atom stereocenters. The molecule has 2 aliphatic carbocycles. The van der Waals surface area contributed by atoms with Gasteiger partial charge in [0, 0.05) is 53.0 Å². The van der Waals surface area contributed by atoms with Gasteiger partial charge in [0.1, 0.15) is 22.6 Å². The zero-order valence-electron chi connectivity index (χ0n) is 45.7. The van der Waals surface area contributed by atoms with Crippen molar-refractivity contribution in [1.82, 2.24) is 44.3 Å². The third-order valence-corrected chi connectivity index (χ3v) is 16.9. The maximum absolute atomic E-state index is 13.3. The van der Waals surface area contributed by atoms with E-state index in [1.54, 1.807) is 41.3 Å². The lowest BCUT2D eigenvalue weighted by Gasteiger charge is -2.34. The van der Waals surface area contributed by atoms with Gasteiger partial charge in [-0.1, -0.05) is 39.3 Å². The minimum absolute atomic E-state index is 0. The van der Waals surface area contributed by atoms with E-state index < -0.39 is 43.5 Å². The van der Waals surface area contributed by atoms with Gasteiger partial charge in [-0.3, -0.25) is 9.59 Å². The summed E-state index contributed by atoms with van der Waals surface area (Å²) in [5.41, 5.74) is 0.520. The number of anilines is 1. The van der Waals surface area contributed by atoms with Crippen LogP contribution < -0.4 is 29.1 Å². The van der Waals surface area contributed by atoms with E-state index in [0.717, 1.165) is 86.6 Å². The lowest BCUT2D eigenvalue weighted by atomic mass is 9.97. The molecule has 4 aromatic heterocycles. The summed E-state index contributed by atoms with van der Waals surface area (Å²) < 4.78 is 95.2. The van der Waals surface area contributed by atoms with Gasteiger partial charge in [-0.2, -0.15) is 27.0 Å². The van der Waals surface area contributed by atoms with Crippen molar-refractivity contribution in [1.29, 1.82) is 0 Å². The predicted molar refractivity (Wildman–Crippen MR) is 315 cm³/mol. The number of hydrogen-bond donors (Lipinski definition) is 3. The molecule has 2 aliphatic heterocycles. The first kappa shape index (κ1) is 65.3. The summed E-state index contributed by atoms with van der Waals surface area (Å²) in [4.78, 5) is 36.2. The minimum Gasteiger partial charge on any atom is -0.476 e. The zero-order valence-corrected chi connectivity index (χ0v) is 50.9. The molecular formula is C54H70Cl2F2N10O8S4. The van der Waals surface area contributed by atoms with Crippen LogP contribution in [0.3, 0.4) is 0 Å². The Balaban J connectivity index is 0.000000253. The summed E-state index contributed by atoms with van der Waals surface area (Å²) >= 11 is 6.12. The van der Waals surface area contributed by atoms with E-state index in [2.05, 4.69) is 80.6 Å². The number of aromatic nitrogens is 6. The number of pyridine rings is 2. The van der Waals surface area contributed by atoms with Crippen LogP contribution in [0.15, 0.2) is 107 Å². The average Bonchev–Trinajstić information content (AvgIpc) is 3.97. The fraction of sp³-hybridized carbons (Fsp3) is 0.444. The smallest absolute Gasteiger partial charge is 0.268 e. The quantitative estimate of drug-likeness (QED) is 0.0815. The Morgan fingerprint density at radius 1 is 0.650 bits per heavy atom. The highest BCUT2D eigenvalue weighted by atomic mass is 35.5. The Hall–Kier alpha value is -5.50. The summed E-state index contributed by atoms with van der Waals surface area (Å²) in [6.45, 7) is 20.4. The molecule has 2 saturated carbocycles. The second kappa shape index (κ2) is 25.7. The van der Waals surface area contributed by atoms with Crippen LogP contribution in [0.4, 0.5) is 14.6 Å². The number of ether oxygens (including phenoxy) is 2. The Morgan fingerprint density at radius 3 is 1.46 bits per heavy atom. The maximum atomic E-state index is 13.3. The van der Waals surface area contributed by atoms with Crippen LogP contribution in [0.2, 0.25) is 5.15 Å². The molecule has 0 radical (unpaired) electrons. The van der Waals surface area contributed by atoms with Crippen molar-refractivity contribution in [2.24, 2.45) is 22.7 Å². The van der Waals surface area contributed by atoms with Crippen LogP contribution >= 0.6 is 51.0 Å². The summed E-state index contributed by atoms with van der Waals surface area (Å²) in [5, 5.41) is 12.0. The van der Waals surface area contributed by atoms with Gasteiger partial charge in [0.15, 0.2) is 11.6 Å². The number of carbonyl (C=O) groups excluding carboxylic acids is 2. The topological polar surface area (TPSA) is 222 Å². The highest BCUT2D eigenvalue weighted by molar-refractivity contribution is 7.90. The van der Waals surface area contributed by atoms with E-state index in [1.807, 2.05) is 9.62 Å². The van der Waals surface area contributed by atoms with Crippen LogP contribution in [0, 0.1) is 34.3 Å². The van der Waals surface area contributed by atoms with Crippen LogP contribution in [0.25, 0.3) is 11.6 Å². The summed E-state index contributed by atoms with van der Waals surface area (Å²) in [6.07, 6.45) is 10.1. The molecule has 6 heterocycles. The van der Waals surface area contributed by atoms with Crippen LogP contribution in [0.1, 0.15) is 115 Å². The molecule has 80 heavy (non-hydrogen) atoms. The monoisotopic (exact) mass is 1220 g/mol. The standard InChI is InChI=1S/C27H32FN5O4S.C20H18ClFN4O4S.C7H15N.ClH.2H2S/c1-18-15-26(2,3)32(16-18)24-21(25(34)31-38(35,36)20-7-5-19(28)6-8-20)9-10-22(29-24)33-14-11-23(30-33)37-17-27(4)12-13-27;1-20(9-10-20)12-30-17-8-11-26(24-17)16-7-6-15(18(21)23-16)19(27)25-31(28,29)14-4-2-13(22)3-5-14;1-6-4-7(2,3)8-5-6;;;/h5-11,14,18H,12-13,15-17H2,1-4H3,(H,31,34);2-8,11H,9-10,12H2,1H3,(H,25,27);6,8H,4-5H2,1-3H3;1H;2*1H2/t18-;;6-;;;/m0.0.../s1. The summed E-state index contributed by atoms with van der Waals surface area (Å²) in [7, 11) is -8.42. The third-order valence-electron chi connectivity index (χ3n) is 13.9. The van der Waals surface area contributed by atoms with E-state index >= 15 is 0 Å². The number of nitrogens with zero attached hydrogens (tertiary/aromatic N) is 7. The Labute approximate surface area is 492 Å². The van der Waals surface area contributed by atoms with Crippen molar-refractivity contribution < 1.29 is 44.7 Å². The maximum Gasteiger partial charge on any atom is 0.268 e. The van der Waals surface area contributed by atoms with Crippen molar-refractivity contribution in [2.45, 2.75) is 115 Å². The lowest BCUT2D eigenvalue weighted by molar-refractivity contribution is 0.0972. The second-order valence-electron chi connectivity index (χ2n) is 22.5. The van der Waals surface area contributed by atoms with Gasteiger partial charge >= 0.3 is 0 Å². The third kappa shape index (κ3) is 16.8. The summed E-state index contributed by atoms with van der Waals surface area (Å²) in [5.74, 6) is 0.383. The normalized spacial score (nSPS) is 18.7. The number of halogens is 4. The molecule has 2 aromatic carbocycles. The van der Waals surface area contributed by atoms with Gasteiger partial charge in [-0.05, 0) is 157 Å². The molecular weight excluding hydrogens is 1150 g/mol. The number of benzene rings is 2. The molecule has 0 unspecified atom stereocenters. The first-order valence-electron chi connectivity index (χ1n) is 25.3. The first-order chi connectivity index (χ1) is 36.1. The van der Waals surface area contributed by atoms with Gasteiger partial charge in [0.2, 0.25) is 11.8 Å². The Kier molecular flexibility index (Phi) is 21.0. The van der Waals surface area contributed by atoms with Crippen LogP contribution in [-0.2, 0) is 20.0 Å². The molecule has 3 N–H and O–H groups in total. The molecule has 10 rings (SSSR count). The molecule has 2 saturated heterocycles. The van der Waals surface area contributed by atoms with Crippen molar-refractivity contribution in [3.05, 3.63) is 125 Å². The molecule has 4 aliphatic rings. The zero-order chi connectivity index (χ0) is 55.7. The van der Waals surface area contributed by atoms with Crippen molar-refractivity contribution >= 4 is 88.7 Å². The van der Waals surface area contributed by atoms with Crippen LogP contribution in [0.5, 0.6) is 11.8 Å². The molecule has 18 nitrogen and oxygen atoms in total. The second-order valence-corrected chi connectivity index (χ2v) is 26.3. The van der Waals surface area contributed by atoms with Gasteiger partial charge in [-0.15, -0.1) is 22.6 Å². The van der Waals surface area contributed by atoms with E-state index in [9.17, 15) is 35.2 Å². The molecule has 26 heteroatoms. The highest BCUT2D eigenvalue weighted by Gasteiger charge is 2.41. The molecule has 6 aromatic rings. The number of hydrogen-bond acceptors (Lipinski definition) is 14. The molecule has 4 fully saturated rings. The first-order valence-corrected chi connectivity index (χ1v) is 28.7. The average molecular weight is 1220 g/mol. The van der Waals surface area contributed by atoms with Gasteiger partial charge in [0.05, 0.1) is 34.1 Å². The largest absolute Gasteiger partial charge is 0.476 e. The number of sulfonamides is 2. The minimum atomic E-state index is -4.22. The van der Waals surface area contributed by atoms with Gasteiger partial charge < -0.3 is 19.7 Å². The number of rotatable bonds is 15. The fourth-order valence-corrected chi connectivity index (χ4v) is 11.2. The number of amides is 2. The van der Waals surface area contributed by atoms with Gasteiger partial charge in [0.25, 0.3) is 31.9 Å². The van der Waals surface area contributed by atoms with Crippen molar-refractivity contribution in [3.63, 3.8) is 0 Å². The van der Waals surface area contributed by atoms with Crippen molar-refractivity contribution in [3.8, 4) is 23.4 Å². The SMILES string of the molecule is CC1(COc2ccn(-c3ccc(C(=O)NS(=O)(=O)c4ccc(F)cc4)c(Cl)n3)n2)CC1.C[C@@H]1CN(c2nc(-n3ccc(OCC4(C)CC4)n3)ccc2C(=O)NS(=O)(=O)c2ccc(F)cc2)C(C)(C)C1.C[C@@H]1CNC(C)(C)C1.Cl.S.S. The van der Waals surface area contributed by atoms with Gasteiger partial charge in [-0.25, -0.2) is 54.4 Å². The summed E-state index contributed by atoms with van der Waals surface area (Å²) in [6, 6.07) is 17.8. The molecule has 2 amide bonds. The molecule has 0 spiro atoms. The van der Waals surface area contributed by atoms with E-state index in [4.69, 9.17) is 26.1 Å².